The molecule has 0 N–H and O–H groups in total. The summed E-state index contributed by atoms with van der Waals surface area (Å²) in [6.45, 7) is 2.81. The molecule has 1 fully saturated rings. The molecule has 0 radical (unpaired) electrons. The second-order valence-electron chi connectivity index (χ2n) is 5.45. The first kappa shape index (κ1) is 13.9. The molecule has 2 heterocycles. The fourth-order valence-corrected chi connectivity index (χ4v) is 2.84. The van der Waals surface area contributed by atoms with Crippen LogP contribution in [0.15, 0.2) is 36.8 Å². The average molecular weight is 290 g/mol. The Balaban J connectivity index is 1.49. The molecule has 0 spiro atoms. The van der Waals surface area contributed by atoms with Crippen LogP contribution in [0, 0.1) is 16.0 Å². The minimum atomic E-state index is -0.370. The Morgan fingerprint density at radius 2 is 1.76 bits per heavy atom. The SMILES string of the molecule is O=[N+]([O-])c1ccc(CN2CCC(C3OC=CO3)CC2)cc1. The zero-order valence-electron chi connectivity index (χ0n) is 11.7. The maximum atomic E-state index is 10.6. The van der Waals surface area contributed by atoms with E-state index in [-0.39, 0.29) is 16.9 Å². The van der Waals surface area contributed by atoms with Gasteiger partial charge < -0.3 is 9.47 Å². The van der Waals surface area contributed by atoms with Gasteiger partial charge in [0.15, 0.2) is 0 Å². The first-order chi connectivity index (χ1) is 10.2. The van der Waals surface area contributed by atoms with Crippen molar-refractivity contribution in [2.45, 2.75) is 25.7 Å². The number of hydrogen-bond acceptors (Lipinski definition) is 5. The fraction of sp³-hybridized carbons (Fsp3) is 0.467. The van der Waals surface area contributed by atoms with Gasteiger partial charge in [-0.1, -0.05) is 12.1 Å². The Morgan fingerprint density at radius 3 is 2.33 bits per heavy atom. The molecule has 3 rings (SSSR count). The standard InChI is InChI=1S/C15H18N2O4/c18-17(19)14-3-1-12(2-4-14)11-16-7-5-13(6-8-16)15-20-9-10-21-15/h1-4,9-10,13,15H,5-8,11H2. The van der Waals surface area contributed by atoms with Crippen molar-refractivity contribution in [3.8, 4) is 0 Å². The van der Waals surface area contributed by atoms with Crippen molar-refractivity contribution >= 4 is 5.69 Å². The molecule has 0 saturated carbocycles. The molecular weight excluding hydrogens is 272 g/mol. The molecule has 1 aromatic carbocycles. The normalized spacial score (nSPS) is 20.2. The molecule has 1 aromatic rings. The van der Waals surface area contributed by atoms with Gasteiger partial charge in [0.2, 0.25) is 6.29 Å². The highest BCUT2D eigenvalue weighted by atomic mass is 16.7. The Hall–Kier alpha value is -2.08. The van der Waals surface area contributed by atoms with E-state index in [0.29, 0.717) is 5.92 Å². The molecule has 0 aliphatic carbocycles. The number of rotatable bonds is 4. The van der Waals surface area contributed by atoms with E-state index in [1.807, 2.05) is 12.1 Å². The molecule has 2 aliphatic rings. The maximum absolute atomic E-state index is 10.6. The quantitative estimate of drug-likeness (QED) is 0.630. The molecule has 0 unspecified atom stereocenters. The van der Waals surface area contributed by atoms with E-state index in [1.165, 1.54) is 0 Å². The highest BCUT2D eigenvalue weighted by Gasteiger charge is 2.29. The molecule has 21 heavy (non-hydrogen) atoms. The van der Waals surface area contributed by atoms with Crippen molar-refractivity contribution in [3.63, 3.8) is 0 Å². The van der Waals surface area contributed by atoms with E-state index in [4.69, 9.17) is 9.47 Å². The second-order valence-corrected chi connectivity index (χ2v) is 5.45. The van der Waals surface area contributed by atoms with Crippen LogP contribution in [0.4, 0.5) is 5.69 Å². The molecule has 6 heteroatoms. The minimum Gasteiger partial charge on any atom is -0.459 e. The molecule has 1 saturated heterocycles. The molecule has 2 aliphatic heterocycles. The van der Waals surface area contributed by atoms with Gasteiger partial charge in [-0.05, 0) is 31.5 Å². The summed E-state index contributed by atoms with van der Waals surface area (Å²) in [5.74, 6) is 0.438. The Morgan fingerprint density at radius 1 is 1.14 bits per heavy atom. The van der Waals surface area contributed by atoms with Gasteiger partial charge in [-0.25, -0.2) is 0 Å². The van der Waals surface area contributed by atoms with E-state index in [0.717, 1.165) is 38.0 Å². The monoisotopic (exact) mass is 290 g/mol. The van der Waals surface area contributed by atoms with Crippen LogP contribution in [0.5, 0.6) is 0 Å². The van der Waals surface area contributed by atoms with Crippen molar-refractivity contribution < 1.29 is 14.4 Å². The average Bonchev–Trinajstić information content (AvgIpc) is 3.03. The van der Waals surface area contributed by atoms with Crippen LogP contribution in [0.1, 0.15) is 18.4 Å². The zero-order valence-corrected chi connectivity index (χ0v) is 11.7. The summed E-state index contributed by atoms with van der Waals surface area (Å²) in [6, 6.07) is 6.79. The predicted octanol–water partition coefficient (Wildman–Crippen LogP) is 2.65. The highest BCUT2D eigenvalue weighted by molar-refractivity contribution is 5.32. The number of nitrogens with zero attached hydrogens (tertiary/aromatic N) is 2. The summed E-state index contributed by atoms with van der Waals surface area (Å²) in [7, 11) is 0. The highest BCUT2D eigenvalue weighted by Crippen LogP contribution is 2.27. The van der Waals surface area contributed by atoms with Crippen molar-refractivity contribution in [2.75, 3.05) is 13.1 Å². The van der Waals surface area contributed by atoms with Crippen LogP contribution in [-0.2, 0) is 16.0 Å². The maximum Gasteiger partial charge on any atom is 0.269 e. The van der Waals surface area contributed by atoms with Gasteiger partial charge in [-0.15, -0.1) is 0 Å². The number of hydrogen-bond donors (Lipinski definition) is 0. The molecule has 0 amide bonds. The lowest BCUT2D eigenvalue weighted by atomic mass is 9.96. The van der Waals surface area contributed by atoms with Gasteiger partial charge in [-0.3, -0.25) is 15.0 Å². The number of ether oxygens (including phenoxy) is 2. The van der Waals surface area contributed by atoms with E-state index in [9.17, 15) is 10.1 Å². The number of nitro benzene ring substituents is 1. The minimum absolute atomic E-state index is 0.119. The van der Waals surface area contributed by atoms with Crippen LogP contribution >= 0.6 is 0 Å². The topological polar surface area (TPSA) is 64.8 Å². The number of likely N-dealkylation sites (tertiary alicyclic amines) is 1. The molecule has 0 bridgehead atoms. The smallest absolute Gasteiger partial charge is 0.269 e. The van der Waals surface area contributed by atoms with Gasteiger partial charge in [0.05, 0.1) is 4.92 Å². The third kappa shape index (κ3) is 3.33. The third-order valence-corrected chi connectivity index (χ3v) is 4.05. The van der Waals surface area contributed by atoms with E-state index < -0.39 is 0 Å². The summed E-state index contributed by atoms with van der Waals surface area (Å²) >= 11 is 0. The Kier molecular flexibility index (Phi) is 4.06. The van der Waals surface area contributed by atoms with Crippen molar-refractivity contribution in [1.82, 2.24) is 4.90 Å². The Bertz CT molecular complexity index is 513. The molecule has 0 aromatic heterocycles. The fourth-order valence-electron chi connectivity index (χ4n) is 2.84. The van der Waals surface area contributed by atoms with E-state index in [1.54, 1.807) is 24.7 Å². The number of nitro groups is 1. The molecular formula is C15H18N2O4. The second kappa shape index (κ2) is 6.13. The van der Waals surface area contributed by atoms with Gasteiger partial charge in [0.1, 0.15) is 12.5 Å². The molecule has 0 atom stereocenters. The van der Waals surface area contributed by atoms with Crippen molar-refractivity contribution in [2.24, 2.45) is 5.92 Å². The van der Waals surface area contributed by atoms with Gasteiger partial charge in [0.25, 0.3) is 5.69 Å². The summed E-state index contributed by atoms with van der Waals surface area (Å²) in [5.41, 5.74) is 1.24. The third-order valence-electron chi connectivity index (χ3n) is 4.05. The van der Waals surface area contributed by atoms with E-state index in [2.05, 4.69) is 4.90 Å². The number of piperidine rings is 1. The predicted molar refractivity (Wildman–Crippen MR) is 76.2 cm³/mol. The lowest BCUT2D eigenvalue weighted by molar-refractivity contribution is -0.384. The van der Waals surface area contributed by atoms with E-state index >= 15 is 0 Å². The summed E-state index contributed by atoms with van der Waals surface area (Å²) < 4.78 is 10.8. The van der Waals surface area contributed by atoms with Crippen LogP contribution in [-0.4, -0.2) is 29.2 Å². The Labute approximate surface area is 123 Å². The molecule has 6 nitrogen and oxygen atoms in total. The van der Waals surface area contributed by atoms with Crippen LogP contribution in [0.3, 0.4) is 0 Å². The lowest BCUT2D eigenvalue weighted by Gasteiger charge is -2.33. The van der Waals surface area contributed by atoms with Crippen LogP contribution in [0.2, 0.25) is 0 Å². The number of non-ortho nitro benzene ring substituents is 1. The van der Waals surface area contributed by atoms with Gasteiger partial charge in [-0.2, -0.15) is 0 Å². The van der Waals surface area contributed by atoms with Crippen molar-refractivity contribution in [3.05, 3.63) is 52.5 Å². The van der Waals surface area contributed by atoms with Crippen LogP contribution in [0.25, 0.3) is 0 Å². The summed E-state index contributed by atoms with van der Waals surface area (Å²) in [5, 5.41) is 10.6. The lowest BCUT2D eigenvalue weighted by Crippen LogP contribution is -2.37. The van der Waals surface area contributed by atoms with Gasteiger partial charge in [0, 0.05) is 24.6 Å². The van der Waals surface area contributed by atoms with Gasteiger partial charge >= 0.3 is 0 Å². The van der Waals surface area contributed by atoms with Crippen LogP contribution < -0.4 is 0 Å². The zero-order chi connectivity index (χ0) is 14.7. The number of benzene rings is 1. The van der Waals surface area contributed by atoms with Crippen molar-refractivity contribution in [1.29, 1.82) is 0 Å². The summed E-state index contributed by atoms with van der Waals surface area (Å²) in [6.07, 6.45) is 5.17. The molecule has 112 valence electrons. The first-order valence-corrected chi connectivity index (χ1v) is 7.14. The largest absolute Gasteiger partial charge is 0.459 e. The first-order valence-electron chi connectivity index (χ1n) is 7.14. The summed E-state index contributed by atoms with van der Waals surface area (Å²) in [4.78, 5) is 12.6.